The second kappa shape index (κ2) is 9.88. The normalized spacial score (nSPS) is 20.6. The number of hydrogen-bond donors (Lipinski definition) is 3. The number of likely N-dealkylation sites (tertiary alicyclic amines) is 1. The number of aliphatic hydroxyl groups is 1. The lowest BCUT2D eigenvalue weighted by molar-refractivity contribution is -0.161. The summed E-state index contributed by atoms with van der Waals surface area (Å²) in [7, 11) is 0. The lowest BCUT2D eigenvalue weighted by atomic mass is 9.72. The molecule has 2 heterocycles. The molecule has 0 aliphatic carbocycles. The zero-order valence-corrected chi connectivity index (χ0v) is 15.7. The van der Waals surface area contributed by atoms with Gasteiger partial charge < -0.3 is 20.2 Å². The number of carboxylic acid groups (broad SMARTS) is 2. The number of carboxylic acids is 1. The number of pyridine rings is 1. The molecule has 1 saturated heterocycles. The minimum Gasteiger partial charge on any atom is -0.483 e. The van der Waals surface area contributed by atoms with Gasteiger partial charge in [0.1, 0.15) is 11.2 Å². The van der Waals surface area contributed by atoms with E-state index in [1.54, 1.807) is 0 Å². The molecular weight excluding hydrogens is 402 g/mol. The first-order chi connectivity index (χ1) is 14.2. The molecule has 30 heavy (non-hydrogen) atoms. The van der Waals surface area contributed by atoms with Gasteiger partial charge in [0, 0.05) is 19.3 Å². The fourth-order valence-electron chi connectivity index (χ4n) is 3.40. The SMILES string of the molecule is O=C(c1ccncc1F)N1CC[C@@H](O)[C@](Cc2ccc(F)cc2)(C(=O)O)C1.O=CO. The standard InChI is InChI=1S/C19H18F2N2O4.CH2O2/c20-13-3-1-12(2-4-13)9-19(18(26)27)11-23(8-6-16(19)24)17(25)14-5-7-22-10-15(14)21;2-1-3/h1-5,7,10,16,24H,6,8-9,11H2,(H,26,27);1H,(H,2,3)/t16-,19-;/m1./s1. The number of carbonyl (C=O) groups is 3. The minimum atomic E-state index is -1.67. The second-order valence-electron chi connectivity index (χ2n) is 6.76. The number of rotatable bonds is 4. The van der Waals surface area contributed by atoms with E-state index in [4.69, 9.17) is 9.90 Å². The molecule has 3 N–H and O–H groups in total. The van der Waals surface area contributed by atoms with Crippen LogP contribution in [0.2, 0.25) is 0 Å². The summed E-state index contributed by atoms with van der Waals surface area (Å²) in [5.41, 5.74) is -1.36. The molecular formula is C20H20F2N2O6. The largest absolute Gasteiger partial charge is 0.483 e. The van der Waals surface area contributed by atoms with Gasteiger partial charge in [-0.25, -0.2) is 8.78 Å². The Labute approximate surface area is 170 Å². The monoisotopic (exact) mass is 422 g/mol. The van der Waals surface area contributed by atoms with Crippen LogP contribution in [0.1, 0.15) is 22.3 Å². The molecule has 0 radical (unpaired) electrons. The third-order valence-corrected chi connectivity index (χ3v) is 4.93. The Kier molecular flexibility index (Phi) is 7.54. The van der Waals surface area contributed by atoms with Crippen molar-refractivity contribution in [3.05, 3.63) is 65.5 Å². The first kappa shape index (κ1) is 22.9. The van der Waals surface area contributed by atoms with Crippen molar-refractivity contribution in [3.63, 3.8) is 0 Å². The van der Waals surface area contributed by atoms with Crippen molar-refractivity contribution in [1.29, 1.82) is 0 Å². The second-order valence-corrected chi connectivity index (χ2v) is 6.76. The number of carbonyl (C=O) groups excluding carboxylic acids is 1. The van der Waals surface area contributed by atoms with Crippen LogP contribution in [-0.2, 0) is 16.0 Å². The molecule has 160 valence electrons. The van der Waals surface area contributed by atoms with Crippen LogP contribution >= 0.6 is 0 Å². The molecule has 0 saturated carbocycles. The highest BCUT2D eigenvalue weighted by Crippen LogP contribution is 2.35. The third kappa shape index (κ3) is 4.95. The smallest absolute Gasteiger partial charge is 0.314 e. The molecule has 0 spiro atoms. The number of aliphatic hydroxyl groups excluding tert-OH is 1. The molecule has 2 aromatic rings. The summed E-state index contributed by atoms with van der Waals surface area (Å²) in [5, 5.41) is 27.2. The third-order valence-electron chi connectivity index (χ3n) is 4.93. The molecule has 8 nitrogen and oxygen atoms in total. The summed E-state index contributed by atoms with van der Waals surface area (Å²) in [6, 6.07) is 6.52. The van der Waals surface area contributed by atoms with Gasteiger partial charge in [-0.3, -0.25) is 19.4 Å². The summed E-state index contributed by atoms with van der Waals surface area (Å²) in [6.07, 6.45) is 0.928. The van der Waals surface area contributed by atoms with Crippen molar-refractivity contribution in [3.8, 4) is 0 Å². The molecule has 1 aliphatic rings. The van der Waals surface area contributed by atoms with Gasteiger partial charge in [0.2, 0.25) is 0 Å². The molecule has 2 atom stereocenters. The van der Waals surface area contributed by atoms with Gasteiger partial charge in [-0.2, -0.15) is 0 Å². The van der Waals surface area contributed by atoms with Gasteiger partial charge in [0.05, 0.1) is 17.9 Å². The van der Waals surface area contributed by atoms with Gasteiger partial charge in [-0.05, 0) is 36.6 Å². The van der Waals surface area contributed by atoms with Crippen LogP contribution in [0.4, 0.5) is 8.78 Å². The maximum absolute atomic E-state index is 13.9. The van der Waals surface area contributed by atoms with Crippen molar-refractivity contribution in [1.82, 2.24) is 9.88 Å². The first-order valence-corrected chi connectivity index (χ1v) is 8.87. The Bertz CT molecular complexity index is 908. The van der Waals surface area contributed by atoms with Crippen molar-refractivity contribution < 1.29 is 38.5 Å². The summed E-state index contributed by atoms with van der Waals surface area (Å²) in [6.45, 7) is -0.443. The number of amides is 1. The molecule has 0 unspecified atom stereocenters. The number of nitrogens with zero attached hydrogens (tertiary/aromatic N) is 2. The minimum absolute atomic E-state index is 0.0337. The number of piperidine rings is 1. The average Bonchev–Trinajstić information content (AvgIpc) is 2.71. The Morgan fingerprint density at radius 3 is 2.43 bits per heavy atom. The van der Waals surface area contributed by atoms with E-state index < -0.39 is 35.0 Å². The fraction of sp³-hybridized carbons (Fsp3) is 0.300. The lowest BCUT2D eigenvalue weighted by Crippen LogP contribution is -2.58. The van der Waals surface area contributed by atoms with Gasteiger partial charge in [0.15, 0.2) is 5.82 Å². The van der Waals surface area contributed by atoms with E-state index in [-0.39, 0.29) is 38.0 Å². The van der Waals surface area contributed by atoms with E-state index in [0.29, 0.717) is 5.56 Å². The van der Waals surface area contributed by atoms with Crippen LogP contribution in [0.3, 0.4) is 0 Å². The van der Waals surface area contributed by atoms with E-state index >= 15 is 0 Å². The predicted molar refractivity (Wildman–Crippen MR) is 99.6 cm³/mol. The maximum Gasteiger partial charge on any atom is 0.314 e. The van der Waals surface area contributed by atoms with Gasteiger partial charge in [-0.1, -0.05) is 12.1 Å². The van der Waals surface area contributed by atoms with Gasteiger partial charge in [-0.15, -0.1) is 0 Å². The number of aromatic nitrogens is 1. The molecule has 1 amide bonds. The van der Waals surface area contributed by atoms with Crippen molar-refractivity contribution in [2.45, 2.75) is 18.9 Å². The summed E-state index contributed by atoms with van der Waals surface area (Å²) < 4.78 is 27.0. The Morgan fingerprint density at radius 2 is 1.87 bits per heavy atom. The van der Waals surface area contributed by atoms with Crippen LogP contribution in [0, 0.1) is 17.0 Å². The highest BCUT2D eigenvalue weighted by atomic mass is 19.1. The van der Waals surface area contributed by atoms with Crippen molar-refractivity contribution in [2.75, 3.05) is 13.1 Å². The van der Waals surface area contributed by atoms with Crippen molar-refractivity contribution >= 4 is 18.3 Å². The van der Waals surface area contributed by atoms with E-state index in [1.165, 1.54) is 41.4 Å². The van der Waals surface area contributed by atoms with Gasteiger partial charge in [0.25, 0.3) is 12.4 Å². The Morgan fingerprint density at radius 1 is 1.23 bits per heavy atom. The number of aliphatic carboxylic acids is 1. The molecule has 1 aromatic heterocycles. The molecule has 0 bridgehead atoms. The highest BCUT2D eigenvalue weighted by Gasteiger charge is 2.50. The topological polar surface area (TPSA) is 128 Å². The Hall–Kier alpha value is -3.40. The quantitative estimate of drug-likeness (QED) is 0.638. The van der Waals surface area contributed by atoms with E-state index in [1.807, 2.05) is 0 Å². The highest BCUT2D eigenvalue weighted by molar-refractivity contribution is 5.95. The van der Waals surface area contributed by atoms with Crippen LogP contribution < -0.4 is 0 Å². The summed E-state index contributed by atoms with van der Waals surface area (Å²) in [5.74, 6) is -3.19. The zero-order valence-electron chi connectivity index (χ0n) is 15.7. The van der Waals surface area contributed by atoms with E-state index in [9.17, 15) is 28.6 Å². The number of benzene rings is 1. The number of hydrogen-bond acceptors (Lipinski definition) is 5. The van der Waals surface area contributed by atoms with Crippen LogP contribution in [0.25, 0.3) is 0 Å². The molecule has 1 aliphatic heterocycles. The van der Waals surface area contributed by atoms with E-state index in [0.717, 1.165) is 6.20 Å². The molecule has 1 fully saturated rings. The maximum atomic E-state index is 13.9. The summed E-state index contributed by atoms with van der Waals surface area (Å²) in [4.78, 5) is 37.9. The summed E-state index contributed by atoms with van der Waals surface area (Å²) >= 11 is 0. The van der Waals surface area contributed by atoms with Crippen LogP contribution in [0.5, 0.6) is 0 Å². The molecule has 10 heteroatoms. The molecule has 1 aromatic carbocycles. The first-order valence-electron chi connectivity index (χ1n) is 8.87. The van der Waals surface area contributed by atoms with Crippen LogP contribution in [-0.4, -0.2) is 62.7 Å². The van der Waals surface area contributed by atoms with Crippen molar-refractivity contribution in [2.24, 2.45) is 5.41 Å². The fourth-order valence-corrected chi connectivity index (χ4v) is 3.40. The molecule has 3 rings (SSSR count). The lowest BCUT2D eigenvalue weighted by Gasteiger charge is -2.43. The Balaban J connectivity index is 0.00000101. The predicted octanol–water partition coefficient (Wildman–Crippen LogP) is 1.58. The number of halogens is 2. The van der Waals surface area contributed by atoms with Crippen LogP contribution in [0.15, 0.2) is 42.7 Å². The van der Waals surface area contributed by atoms with Gasteiger partial charge >= 0.3 is 5.97 Å². The zero-order chi connectivity index (χ0) is 22.3. The van der Waals surface area contributed by atoms with E-state index in [2.05, 4.69) is 4.98 Å². The average molecular weight is 422 g/mol.